The summed E-state index contributed by atoms with van der Waals surface area (Å²) in [4.78, 5) is 9.37. The maximum absolute atomic E-state index is 9.37. The Hall–Kier alpha value is -2.91. The predicted molar refractivity (Wildman–Crippen MR) is 100 cm³/mol. The molecule has 25 heavy (non-hydrogen) atoms. The van der Waals surface area contributed by atoms with Gasteiger partial charge in [0.05, 0.1) is 5.54 Å². The first-order chi connectivity index (χ1) is 12.1. The number of carboxylic acid groups (broad SMARTS) is 1. The standard InChI is InChI=1S/C19H15N.C3H6O2/c20-19(14-8-2-1-3-9-14)17-12-6-4-10-15(17)16-11-5-7-13-18(16)19;1-2-3(4)5/h1-13H,20H2;2H2,1H3,(H,4,5). The molecule has 3 nitrogen and oxygen atoms in total. The average molecular weight is 331 g/mol. The van der Waals surface area contributed by atoms with E-state index >= 15 is 0 Å². The molecule has 1 aliphatic carbocycles. The van der Waals surface area contributed by atoms with Crippen LogP contribution in [0.4, 0.5) is 0 Å². The van der Waals surface area contributed by atoms with Crippen LogP contribution in [0.25, 0.3) is 11.1 Å². The fraction of sp³-hybridized carbons (Fsp3) is 0.136. The Morgan fingerprint density at radius 1 is 0.840 bits per heavy atom. The summed E-state index contributed by atoms with van der Waals surface area (Å²) in [5.41, 5.74) is 12.4. The van der Waals surface area contributed by atoms with Crippen LogP contribution in [0.5, 0.6) is 0 Å². The zero-order chi connectivity index (χ0) is 17.9. The molecule has 0 bridgehead atoms. The van der Waals surface area contributed by atoms with Crippen LogP contribution in [0.3, 0.4) is 0 Å². The number of hydrogen-bond donors (Lipinski definition) is 2. The maximum Gasteiger partial charge on any atom is 0.303 e. The van der Waals surface area contributed by atoms with Crippen molar-refractivity contribution in [2.45, 2.75) is 18.9 Å². The Morgan fingerprint density at radius 2 is 1.24 bits per heavy atom. The van der Waals surface area contributed by atoms with Gasteiger partial charge in [-0.1, -0.05) is 85.8 Å². The van der Waals surface area contributed by atoms with Gasteiger partial charge in [0.2, 0.25) is 0 Å². The van der Waals surface area contributed by atoms with Gasteiger partial charge in [-0.25, -0.2) is 0 Å². The molecule has 3 N–H and O–H groups in total. The van der Waals surface area contributed by atoms with Crippen LogP contribution < -0.4 is 5.73 Å². The molecule has 0 saturated carbocycles. The van der Waals surface area contributed by atoms with Crippen LogP contribution >= 0.6 is 0 Å². The second-order valence-electron chi connectivity index (χ2n) is 6.01. The predicted octanol–water partition coefficient (Wildman–Crippen LogP) is 4.40. The highest BCUT2D eigenvalue weighted by molar-refractivity contribution is 5.82. The van der Waals surface area contributed by atoms with Gasteiger partial charge in [0.25, 0.3) is 0 Å². The number of nitrogens with two attached hydrogens (primary N) is 1. The molecule has 0 spiro atoms. The van der Waals surface area contributed by atoms with E-state index in [4.69, 9.17) is 10.8 Å². The number of aliphatic carboxylic acids is 1. The molecular weight excluding hydrogens is 310 g/mol. The largest absolute Gasteiger partial charge is 0.481 e. The van der Waals surface area contributed by atoms with Crippen molar-refractivity contribution in [3.05, 3.63) is 95.6 Å². The van der Waals surface area contributed by atoms with Gasteiger partial charge in [0, 0.05) is 6.42 Å². The van der Waals surface area contributed by atoms with Crippen LogP contribution in [-0.4, -0.2) is 11.1 Å². The van der Waals surface area contributed by atoms with E-state index in [1.54, 1.807) is 6.92 Å². The smallest absolute Gasteiger partial charge is 0.303 e. The first kappa shape index (κ1) is 16.9. The second kappa shape index (κ2) is 6.91. The molecule has 0 unspecified atom stereocenters. The summed E-state index contributed by atoms with van der Waals surface area (Å²) in [5, 5.41) is 7.72. The van der Waals surface area contributed by atoms with Crippen molar-refractivity contribution < 1.29 is 9.90 Å². The molecule has 0 radical (unpaired) electrons. The van der Waals surface area contributed by atoms with Gasteiger partial charge in [-0.05, 0) is 27.8 Å². The number of fused-ring (bicyclic) bond motifs is 3. The molecule has 3 heteroatoms. The zero-order valence-electron chi connectivity index (χ0n) is 14.1. The molecule has 0 heterocycles. The zero-order valence-corrected chi connectivity index (χ0v) is 14.1. The summed E-state index contributed by atoms with van der Waals surface area (Å²) >= 11 is 0. The Balaban J connectivity index is 0.000000324. The van der Waals surface area contributed by atoms with Crippen LogP contribution in [0.15, 0.2) is 78.9 Å². The van der Waals surface area contributed by atoms with E-state index in [9.17, 15) is 4.79 Å². The van der Waals surface area contributed by atoms with Gasteiger partial charge >= 0.3 is 5.97 Å². The van der Waals surface area contributed by atoms with Gasteiger partial charge in [0.15, 0.2) is 0 Å². The highest BCUT2D eigenvalue weighted by Gasteiger charge is 2.40. The van der Waals surface area contributed by atoms with Crippen molar-refractivity contribution in [2.75, 3.05) is 0 Å². The lowest BCUT2D eigenvalue weighted by Crippen LogP contribution is -2.37. The molecule has 0 aromatic heterocycles. The third kappa shape index (κ3) is 2.94. The Morgan fingerprint density at radius 3 is 1.68 bits per heavy atom. The summed E-state index contributed by atoms with van der Waals surface area (Å²) in [6, 6.07) is 27.2. The van der Waals surface area contributed by atoms with Gasteiger partial charge in [0.1, 0.15) is 0 Å². The van der Waals surface area contributed by atoms with E-state index in [0.29, 0.717) is 0 Å². The van der Waals surface area contributed by atoms with E-state index in [2.05, 4.69) is 60.7 Å². The van der Waals surface area contributed by atoms with E-state index < -0.39 is 11.5 Å². The molecule has 0 atom stereocenters. The van der Waals surface area contributed by atoms with Crippen molar-refractivity contribution in [3.8, 4) is 11.1 Å². The van der Waals surface area contributed by atoms with Crippen molar-refractivity contribution in [1.82, 2.24) is 0 Å². The number of benzene rings is 3. The highest BCUT2D eigenvalue weighted by atomic mass is 16.4. The molecule has 0 saturated heterocycles. The molecule has 1 aliphatic rings. The van der Waals surface area contributed by atoms with Gasteiger partial charge in [-0.3, -0.25) is 4.79 Å². The first-order valence-electron chi connectivity index (χ1n) is 8.34. The molecule has 0 amide bonds. The minimum Gasteiger partial charge on any atom is -0.481 e. The molecular formula is C22H21NO2. The van der Waals surface area contributed by atoms with Crippen LogP contribution in [0.2, 0.25) is 0 Å². The quantitative estimate of drug-likeness (QED) is 0.731. The SMILES string of the molecule is CCC(=O)O.NC1(c2ccccc2)c2ccccc2-c2ccccc21. The Kier molecular flexibility index (Phi) is 4.68. The summed E-state index contributed by atoms with van der Waals surface area (Å²) in [6.45, 7) is 1.60. The molecule has 3 aromatic rings. The molecule has 0 aliphatic heterocycles. The third-order valence-electron chi connectivity index (χ3n) is 4.53. The lowest BCUT2D eigenvalue weighted by atomic mass is 9.82. The summed E-state index contributed by atoms with van der Waals surface area (Å²) in [6.07, 6.45) is 0.222. The minimum atomic E-state index is -0.745. The van der Waals surface area contributed by atoms with Gasteiger partial charge in [-0.15, -0.1) is 0 Å². The van der Waals surface area contributed by atoms with Gasteiger partial charge < -0.3 is 10.8 Å². The lowest BCUT2D eigenvalue weighted by molar-refractivity contribution is -0.136. The monoisotopic (exact) mass is 331 g/mol. The van der Waals surface area contributed by atoms with E-state index in [1.165, 1.54) is 22.3 Å². The van der Waals surface area contributed by atoms with Crippen molar-refractivity contribution in [1.29, 1.82) is 0 Å². The van der Waals surface area contributed by atoms with Crippen LogP contribution in [-0.2, 0) is 10.3 Å². The fourth-order valence-corrected chi connectivity index (χ4v) is 3.28. The normalized spacial score (nSPS) is 13.2. The number of hydrogen-bond acceptors (Lipinski definition) is 2. The topological polar surface area (TPSA) is 63.3 Å². The highest BCUT2D eigenvalue weighted by Crippen LogP contribution is 2.48. The van der Waals surface area contributed by atoms with Gasteiger partial charge in [-0.2, -0.15) is 0 Å². The fourth-order valence-electron chi connectivity index (χ4n) is 3.28. The molecule has 126 valence electrons. The summed E-state index contributed by atoms with van der Waals surface area (Å²) in [7, 11) is 0. The summed E-state index contributed by atoms with van der Waals surface area (Å²) < 4.78 is 0. The Labute approximate surface area is 147 Å². The average Bonchev–Trinajstić information content (AvgIpc) is 2.94. The summed E-state index contributed by atoms with van der Waals surface area (Å²) in [5.74, 6) is -0.745. The van der Waals surface area contributed by atoms with E-state index in [-0.39, 0.29) is 6.42 Å². The number of carboxylic acids is 1. The maximum atomic E-state index is 9.37. The van der Waals surface area contributed by atoms with Crippen LogP contribution in [0.1, 0.15) is 30.0 Å². The first-order valence-corrected chi connectivity index (χ1v) is 8.34. The second-order valence-corrected chi connectivity index (χ2v) is 6.01. The molecule has 4 rings (SSSR count). The molecule has 3 aromatic carbocycles. The number of rotatable bonds is 2. The van der Waals surface area contributed by atoms with Crippen molar-refractivity contribution in [2.24, 2.45) is 5.73 Å². The van der Waals surface area contributed by atoms with Crippen molar-refractivity contribution >= 4 is 5.97 Å². The van der Waals surface area contributed by atoms with E-state index in [1.807, 2.05) is 18.2 Å². The third-order valence-corrected chi connectivity index (χ3v) is 4.53. The lowest BCUT2D eigenvalue weighted by Gasteiger charge is -2.27. The van der Waals surface area contributed by atoms with E-state index in [0.717, 1.165) is 5.56 Å². The molecule has 0 fully saturated rings. The Bertz CT molecular complexity index is 842. The van der Waals surface area contributed by atoms with Crippen LogP contribution in [0, 0.1) is 0 Å². The minimum absolute atomic E-state index is 0.222. The van der Waals surface area contributed by atoms with Crippen molar-refractivity contribution in [3.63, 3.8) is 0 Å². The number of carbonyl (C=O) groups is 1.